The van der Waals surface area contributed by atoms with Gasteiger partial charge in [-0.2, -0.15) is 0 Å². The second-order valence-corrected chi connectivity index (χ2v) is 7.41. The Hall–Kier alpha value is -2.28. The summed E-state index contributed by atoms with van der Waals surface area (Å²) in [6, 6.07) is 7.52. The normalized spacial score (nSPS) is 16.0. The number of benzene rings is 1. The molecule has 3 aromatic rings. The molecular formula is C17H19N5OS. The highest BCUT2D eigenvalue weighted by atomic mass is 32.1. The van der Waals surface area contributed by atoms with Crippen molar-refractivity contribution in [2.75, 3.05) is 18.0 Å². The summed E-state index contributed by atoms with van der Waals surface area (Å²) < 4.78 is 1.76. The van der Waals surface area contributed by atoms with Gasteiger partial charge < -0.3 is 4.90 Å². The van der Waals surface area contributed by atoms with Gasteiger partial charge in [-0.15, -0.1) is 10.2 Å². The van der Waals surface area contributed by atoms with E-state index in [4.69, 9.17) is 0 Å². The highest BCUT2D eigenvalue weighted by Crippen LogP contribution is 2.26. The van der Waals surface area contributed by atoms with E-state index in [1.807, 2.05) is 31.2 Å². The van der Waals surface area contributed by atoms with Crippen LogP contribution in [0.25, 0.3) is 10.9 Å². The first kappa shape index (κ1) is 15.3. The van der Waals surface area contributed by atoms with Crippen LogP contribution in [0.1, 0.15) is 17.8 Å². The molecule has 1 aliphatic heterocycles. The Balaban J connectivity index is 1.46. The molecule has 1 aromatic carbocycles. The third-order valence-electron chi connectivity index (χ3n) is 4.59. The molecule has 0 atom stereocenters. The standard InChI is InChI=1S/C17H19N5OS/c1-12-19-20-17(24-12)21-8-6-13(7-9-21)10-22-11-18-15-5-3-2-4-14(15)16(22)23/h2-5,11,13H,6-10H2,1H3. The van der Waals surface area contributed by atoms with E-state index < -0.39 is 0 Å². The van der Waals surface area contributed by atoms with Crippen LogP contribution >= 0.6 is 11.3 Å². The number of nitrogens with zero attached hydrogens (tertiary/aromatic N) is 5. The Morgan fingerprint density at radius 1 is 1.21 bits per heavy atom. The maximum Gasteiger partial charge on any atom is 0.261 e. The topological polar surface area (TPSA) is 63.9 Å². The number of aryl methyl sites for hydroxylation is 1. The zero-order chi connectivity index (χ0) is 16.5. The summed E-state index contributed by atoms with van der Waals surface area (Å²) in [5.74, 6) is 0.496. The summed E-state index contributed by atoms with van der Waals surface area (Å²) in [5.41, 5.74) is 0.822. The van der Waals surface area contributed by atoms with E-state index in [9.17, 15) is 4.79 Å². The fourth-order valence-corrected chi connectivity index (χ4v) is 3.97. The van der Waals surface area contributed by atoms with Crippen molar-refractivity contribution in [3.63, 3.8) is 0 Å². The quantitative estimate of drug-likeness (QED) is 0.732. The lowest BCUT2D eigenvalue weighted by Crippen LogP contribution is -2.36. The summed E-state index contributed by atoms with van der Waals surface area (Å²) in [7, 11) is 0. The molecular weight excluding hydrogens is 322 g/mol. The molecule has 4 rings (SSSR count). The first-order chi connectivity index (χ1) is 11.7. The van der Waals surface area contributed by atoms with Crippen LogP contribution in [0.2, 0.25) is 0 Å². The average Bonchev–Trinajstić information content (AvgIpc) is 3.05. The Bertz CT molecular complexity index is 910. The summed E-state index contributed by atoms with van der Waals surface area (Å²) in [6.45, 7) is 4.65. The summed E-state index contributed by atoms with van der Waals surface area (Å²) in [5, 5.41) is 11.0. The maximum atomic E-state index is 12.6. The molecule has 1 aliphatic rings. The highest BCUT2D eigenvalue weighted by molar-refractivity contribution is 7.15. The lowest BCUT2D eigenvalue weighted by molar-refractivity contribution is 0.351. The van der Waals surface area contributed by atoms with Crippen molar-refractivity contribution in [2.45, 2.75) is 26.3 Å². The third-order valence-corrected chi connectivity index (χ3v) is 5.49. The van der Waals surface area contributed by atoms with Gasteiger partial charge in [-0.3, -0.25) is 9.36 Å². The molecule has 0 saturated carbocycles. The Kier molecular flexibility index (Phi) is 4.02. The van der Waals surface area contributed by atoms with Crippen LogP contribution in [0.3, 0.4) is 0 Å². The molecule has 0 amide bonds. The van der Waals surface area contributed by atoms with Gasteiger partial charge in [0.1, 0.15) is 5.01 Å². The van der Waals surface area contributed by atoms with E-state index in [-0.39, 0.29) is 5.56 Å². The van der Waals surface area contributed by atoms with Gasteiger partial charge in [0, 0.05) is 19.6 Å². The average molecular weight is 341 g/mol. The number of para-hydroxylation sites is 1. The first-order valence-corrected chi connectivity index (χ1v) is 9.01. The van der Waals surface area contributed by atoms with Gasteiger partial charge in [0.2, 0.25) is 5.13 Å². The molecule has 124 valence electrons. The van der Waals surface area contributed by atoms with E-state index >= 15 is 0 Å². The van der Waals surface area contributed by atoms with Crippen LogP contribution in [0, 0.1) is 12.8 Å². The van der Waals surface area contributed by atoms with E-state index in [1.54, 1.807) is 22.2 Å². The molecule has 24 heavy (non-hydrogen) atoms. The molecule has 3 heterocycles. The Labute approximate surface area is 143 Å². The zero-order valence-corrected chi connectivity index (χ0v) is 14.4. The predicted octanol–water partition coefficient (Wildman–Crippen LogP) is 2.47. The van der Waals surface area contributed by atoms with Gasteiger partial charge in [0.25, 0.3) is 5.56 Å². The number of aromatic nitrogens is 4. The summed E-state index contributed by atoms with van der Waals surface area (Å²) in [4.78, 5) is 19.3. The highest BCUT2D eigenvalue weighted by Gasteiger charge is 2.22. The molecule has 0 bridgehead atoms. The van der Waals surface area contributed by atoms with Crippen molar-refractivity contribution >= 4 is 27.4 Å². The van der Waals surface area contributed by atoms with Crippen molar-refractivity contribution in [1.29, 1.82) is 0 Å². The number of piperidine rings is 1. The van der Waals surface area contributed by atoms with E-state index in [2.05, 4.69) is 20.1 Å². The molecule has 0 N–H and O–H groups in total. The molecule has 0 aliphatic carbocycles. The van der Waals surface area contributed by atoms with E-state index in [0.717, 1.165) is 48.1 Å². The monoisotopic (exact) mass is 341 g/mol. The van der Waals surface area contributed by atoms with Gasteiger partial charge in [-0.25, -0.2) is 4.98 Å². The minimum absolute atomic E-state index is 0.0581. The predicted molar refractivity (Wildman–Crippen MR) is 95.6 cm³/mol. The van der Waals surface area contributed by atoms with Gasteiger partial charge in [0.05, 0.1) is 17.2 Å². The number of rotatable bonds is 3. The molecule has 0 spiro atoms. The summed E-state index contributed by atoms with van der Waals surface area (Å²) in [6.07, 6.45) is 3.79. The molecule has 1 fully saturated rings. The van der Waals surface area contributed by atoms with Gasteiger partial charge in [0.15, 0.2) is 0 Å². The van der Waals surface area contributed by atoms with Gasteiger partial charge >= 0.3 is 0 Å². The number of fused-ring (bicyclic) bond motifs is 1. The maximum absolute atomic E-state index is 12.6. The number of anilines is 1. The van der Waals surface area contributed by atoms with Crippen molar-refractivity contribution in [3.05, 3.63) is 46.0 Å². The minimum atomic E-state index is 0.0581. The van der Waals surface area contributed by atoms with Gasteiger partial charge in [-0.05, 0) is 37.8 Å². The van der Waals surface area contributed by atoms with Crippen LogP contribution < -0.4 is 10.5 Å². The zero-order valence-electron chi connectivity index (χ0n) is 13.6. The third kappa shape index (κ3) is 2.91. The smallest absolute Gasteiger partial charge is 0.261 e. The fraction of sp³-hybridized carbons (Fsp3) is 0.412. The molecule has 7 heteroatoms. The largest absolute Gasteiger partial charge is 0.347 e. The minimum Gasteiger partial charge on any atom is -0.347 e. The number of hydrogen-bond acceptors (Lipinski definition) is 6. The fourth-order valence-electron chi connectivity index (χ4n) is 3.24. The lowest BCUT2D eigenvalue weighted by Gasteiger charge is -2.31. The van der Waals surface area contributed by atoms with Crippen LogP contribution in [-0.4, -0.2) is 32.8 Å². The van der Waals surface area contributed by atoms with Crippen molar-refractivity contribution < 1.29 is 0 Å². The Morgan fingerprint density at radius 2 is 2.00 bits per heavy atom. The van der Waals surface area contributed by atoms with Crippen LogP contribution in [-0.2, 0) is 6.54 Å². The van der Waals surface area contributed by atoms with E-state index in [1.165, 1.54) is 0 Å². The molecule has 0 radical (unpaired) electrons. The summed E-state index contributed by atoms with van der Waals surface area (Å²) >= 11 is 1.64. The van der Waals surface area contributed by atoms with Gasteiger partial charge in [-0.1, -0.05) is 23.5 Å². The van der Waals surface area contributed by atoms with E-state index in [0.29, 0.717) is 11.3 Å². The lowest BCUT2D eigenvalue weighted by atomic mass is 9.97. The second kappa shape index (κ2) is 6.32. The SMILES string of the molecule is Cc1nnc(N2CCC(Cn3cnc4ccccc4c3=O)CC2)s1. The van der Waals surface area contributed by atoms with Crippen molar-refractivity contribution in [1.82, 2.24) is 19.7 Å². The van der Waals surface area contributed by atoms with Crippen LogP contribution in [0.5, 0.6) is 0 Å². The molecule has 1 saturated heterocycles. The molecule has 0 unspecified atom stereocenters. The molecule has 2 aromatic heterocycles. The second-order valence-electron chi connectivity index (χ2n) is 6.25. The van der Waals surface area contributed by atoms with Crippen molar-refractivity contribution in [3.8, 4) is 0 Å². The van der Waals surface area contributed by atoms with Crippen LogP contribution in [0.15, 0.2) is 35.4 Å². The van der Waals surface area contributed by atoms with Crippen molar-refractivity contribution in [2.24, 2.45) is 5.92 Å². The molecule has 6 nitrogen and oxygen atoms in total. The first-order valence-electron chi connectivity index (χ1n) is 8.20. The number of hydrogen-bond donors (Lipinski definition) is 0. The Morgan fingerprint density at radius 3 is 2.75 bits per heavy atom. The van der Waals surface area contributed by atoms with Crippen LogP contribution in [0.4, 0.5) is 5.13 Å².